The number of alkyl halides is 3. The molecule has 132 valence electrons. The minimum absolute atomic E-state index is 0.172. The molecule has 2 heterocycles. The van der Waals surface area contributed by atoms with Crippen molar-refractivity contribution in [3.05, 3.63) is 54.1 Å². The van der Waals surface area contributed by atoms with E-state index in [4.69, 9.17) is 0 Å². The van der Waals surface area contributed by atoms with Crippen LogP contribution in [0.1, 0.15) is 15.9 Å². The van der Waals surface area contributed by atoms with E-state index in [1.165, 1.54) is 51.3 Å². The maximum Gasteiger partial charge on any atom is 0.417 e. The zero-order valence-electron chi connectivity index (χ0n) is 13.1. The van der Waals surface area contributed by atoms with Gasteiger partial charge in [-0.25, -0.2) is 9.78 Å². The standard InChI is InChI=1S/C16H15F3N4O2/c17-16(18,19)13-4-2-1-3-12(13)14(24)21-7-9-22(10-8-21)15(25)23-6-5-20-11-23/h1-6,11H,7-10H2. The van der Waals surface area contributed by atoms with Crippen molar-refractivity contribution in [2.24, 2.45) is 0 Å². The molecule has 0 atom stereocenters. The highest BCUT2D eigenvalue weighted by Gasteiger charge is 2.36. The predicted molar refractivity (Wildman–Crippen MR) is 81.9 cm³/mol. The van der Waals surface area contributed by atoms with Crippen LogP contribution in [0.2, 0.25) is 0 Å². The molecule has 9 heteroatoms. The van der Waals surface area contributed by atoms with E-state index in [2.05, 4.69) is 4.98 Å². The Kier molecular flexibility index (Phi) is 4.47. The first-order chi connectivity index (χ1) is 11.9. The Balaban J connectivity index is 1.70. The highest BCUT2D eigenvalue weighted by atomic mass is 19.4. The lowest BCUT2D eigenvalue weighted by molar-refractivity contribution is -0.138. The van der Waals surface area contributed by atoms with Crippen LogP contribution in [0.4, 0.5) is 18.0 Å². The van der Waals surface area contributed by atoms with E-state index in [1.807, 2.05) is 0 Å². The minimum atomic E-state index is -4.59. The van der Waals surface area contributed by atoms with Crippen LogP contribution >= 0.6 is 0 Å². The number of carbonyl (C=O) groups is 2. The lowest BCUT2D eigenvalue weighted by atomic mass is 10.1. The Morgan fingerprint density at radius 1 is 1.00 bits per heavy atom. The largest absolute Gasteiger partial charge is 0.417 e. The molecule has 0 unspecified atom stereocenters. The summed E-state index contributed by atoms with van der Waals surface area (Å²) in [6.07, 6.45) is -0.226. The van der Waals surface area contributed by atoms with Crippen LogP contribution in [0.3, 0.4) is 0 Å². The van der Waals surface area contributed by atoms with Crippen LogP contribution in [-0.2, 0) is 6.18 Å². The number of piperazine rings is 1. The highest BCUT2D eigenvalue weighted by molar-refractivity contribution is 5.96. The summed E-state index contributed by atoms with van der Waals surface area (Å²) in [5, 5.41) is 0. The van der Waals surface area contributed by atoms with Gasteiger partial charge in [-0.15, -0.1) is 0 Å². The molecule has 0 radical (unpaired) electrons. The van der Waals surface area contributed by atoms with Crippen LogP contribution in [0, 0.1) is 0 Å². The van der Waals surface area contributed by atoms with Gasteiger partial charge in [0.15, 0.2) is 0 Å². The average molecular weight is 352 g/mol. The van der Waals surface area contributed by atoms with E-state index in [-0.39, 0.29) is 37.8 Å². The number of benzene rings is 1. The van der Waals surface area contributed by atoms with Gasteiger partial charge in [0.05, 0.1) is 11.1 Å². The van der Waals surface area contributed by atoms with Gasteiger partial charge in [0, 0.05) is 38.6 Å². The summed E-state index contributed by atoms with van der Waals surface area (Å²) in [4.78, 5) is 31.3. The Morgan fingerprint density at radius 2 is 1.64 bits per heavy atom. The molecule has 1 aliphatic heterocycles. The molecule has 0 bridgehead atoms. The first-order valence-electron chi connectivity index (χ1n) is 7.60. The Bertz CT molecular complexity index is 766. The number of halogens is 3. The molecule has 1 aromatic carbocycles. The van der Waals surface area contributed by atoms with Gasteiger partial charge < -0.3 is 9.80 Å². The lowest BCUT2D eigenvalue weighted by Gasteiger charge is -2.35. The highest BCUT2D eigenvalue weighted by Crippen LogP contribution is 2.32. The summed E-state index contributed by atoms with van der Waals surface area (Å²) < 4.78 is 40.5. The number of aromatic nitrogens is 2. The van der Waals surface area contributed by atoms with Crippen LogP contribution in [0.15, 0.2) is 43.0 Å². The fourth-order valence-corrected chi connectivity index (χ4v) is 2.72. The van der Waals surface area contributed by atoms with E-state index in [9.17, 15) is 22.8 Å². The second kappa shape index (κ2) is 6.58. The molecular formula is C16H15F3N4O2. The number of hydrogen-bond donors (Lipinski definition) is 0. The van der Waals surface area contributed by atoms with Gasteiger partial charge >= 0.3 is 12.2 Å². The summed E-state index contributed by atoms with van der Waals surface area (Å²) in [5.74, 6) is -0.678. The summed E-state index contributed by atoms with van der Waals surface area (Å²) >= 11 is 0. The van der Waals surface area contributed by atoms with Crippen LogP contribution in [0.25, 0.3) is 0 Å². The van der Waals surface area contributed by atoms with E-state index in [1.54, 1.807) is 0 Å². The van der Waals surface area contributed by atoms with Gasteiger partial charge in [0.1, 0.15) is 6.33 Å². The topological polar surface area (TPSA) is 58.4 Å². The zero-order chi connectivity index (χ0) is 18.0. The number of hydrogen-bond acceptors (Lipinski definition) is 3. The molecule has 1 aromatic heterocycles. The van der Waals surface area contributed by atoms with Crippen molar-refractivity contribution in [3.8, 4) is 0 Å². The molecule has 1 aliphatic rings. The maximum absolute atomic E-state index is 13.1. The maximum atomic E-state index is 13.1. The first kappa shape index (κ1) is 17.0. The van der Waals surface area contributed by atoms with Gasteiger partial charge in [-0.2, -0.15) is 13.2 Å². The van der Waals surface area contributed by atoms with Crippen molar-refractivity contribution in [1.29, 1.82) is 0 Å². The van der Waals surface area contributed by atoms with Gasteiger partial charge in [0.2, 0.25) is 0 Å². The van der Waals surface area contributed by atoms with E-state index in [0.717, 1.165) is 6.07 Å². The molecule has 3 rings (SSSR count). The average Bonchev–Trinajstić information content (AvgIpc) is 3.14. The predicted octanol–water partition coefficient (Wildman–Crippen LogP) is 2.33. The van der Waals surface area contributed by atoms with Crippen molar-refractivity contribution in [2.75, 3.05) is 26.2 Å². The van der Waals surface area contributed by atoms with Crippen molar-refractivity contribution in [1.82, 2.24) is 19.4 Å². The summed E-state index contributed by atoms with van der Waals surface area (Å²) in [6.45, 7) is 0.838. The Hall–Kier alpha value is -2.84. The Labute approximate surface area is 141 Å². The molecule has 0 aliphatic carbocycles. The van der Waals surface area contributed by atoms with Gasteiger partial charge in [0.25, 0.3) is 5.91 Å². The third kappa shape index (κ3) is 3.49. The fraction of sp³-hybridized carbons (Fsp3) is 0.312. The third-order valence-electron chi connectivity index (χ3n) is 4.03. The molecule has 0 N–H and O–H groups in total. The van der Waals surface area contributed by atoms with Gasteiger partial charge in [-0.05, 0) is 12.1 Å². The SMILES string of the molecule is O=C(c1ccccc1C(F)(F)F)N1CCN(C(=O)n2ccnc2)CC1. The molecule has 25 heavy (non-hydrogen) atoms. The van der Waals surface area contributed by atoms with Crippen LogP contribution in [-0.4, -0.2) is 57.5 Å². The quantitative estimate of drug-likeness (QED) is 0.792. The second-order valence-electron chi connectivity index (χ2n) is 5.58. The smallest absolute Gasteiger partial charge is 0.335 e. The number of amides is 2. The molecule has 1 fully saturated rings. The number of nitrogens with zero attached hydrogens (tertiary/aromatic N) is 4. The summed E-state index contributed by atoms with van der Waals surface area (Å²) in [5.41, 5.74) is -1.32. The molecule has 2 amide bonds. The third-order valence-corrected chi connectivity index (χ3v) is 4.03. The zero-order valence-corrected chi connectivity index (χ0v) is 13.1. The van der Waals surface area contributed by atoms with Crippen LogP contribution in [0.5, 0.6) is 0 Å². The normalized spacial score (nSPS) is 15.3. The number of imidazole rings is 1. The number of rotatable bonds is 1. The molecular weight excluding hydrogens is 337 g/mol. The molecule has 0 saturated carbocycles. The van der Waals surface area contributed by atoms with Crippen LogP contribution < -0.4 is 0 Å². The Morgan fingerprint density at radius 3 is 2.24 bits per heavy atom. The van der Waals surface area contributed by atoms with E-state index < -0.39 is 17.6 Å². The molecule has 6 nitrogen and oxygen atoms in total. The summed E-state index contributed by atoms with van der Waals surface area (Å²) in [7, 11) is 0. The van der Waals surface area contributed by atoms with E-state index in [0.29, 0.717) is 0 Å². The van der Waals surface area contributed by atoms with Crippen molar-refractivity contribution in [2.45, 2.75) is 6.18 Å². The molecule has 0 spiro atoms. The van der Waals surface area contributed by atoms with Crippen molar-refractivity contribution >= 4 is 11.9 Å². The minimum Gasteiger partial charge on any atom is -0.335 e. The monoisotopic (exact) mass is 352 g/mol. The van der Waals surface area contributed by atoms with E-state index >= 15 is 0 Å². The first-order valence-corrected chi connectivity index (χ1v) is 7.60. The number of carbonyl (C=O) groups excluding carboxylic acids is 2. The molecule has 1 saturated heterocycles. The molecule has 2 aromatic rings. The van der Waals surface area contributed by atoms with Gasteiger partial charge in [-0.3, -0.25) is 9.36 Å². The fourth-order valence-electron chi connectivity index (χ4n) is 2.72. The van der Waals surface area contributed by atoms with Crippen molar-refractivity contribution in [3.63, 3.8) is 0 Å². The second-order valence-corrected chi connectivity index (χ2v) is 5.58. The lowest BCUT2D eigenvalue weighted by Crippen LogP contribution is -2.51. The van der Waals surface area contributed by atoms with Gasteiger partial charge in [-0.1, -0.05) is 12.1 Å². The van der Waals surface area contributed by atoms with Crippen molar-refractivity contribution < 1.29 is 22.8 Å². The summed E-state index contributed by atoms with van der Waals surface area (Å²) in [6, 6.07) is 4.45.